The van der Waals surface area contributed by atoms with Gasteiger partial charge in [0.05, 0.1) is 10.6 Å². The topological polar surface area (TPSA) is 75.6 Å². The van der Waals surface area contributed by atoms with E-state index in [0.29, 0.717) is 28.8 Å². The highest BCUT2D eigenvalue weighted by Gasteiger charge is 2.26. The fraction of sp³-hybridized carbons (Fsp3) is 0.333. The van der Waals surface area contributed by atoms with Crippen LogP contribution in [0.5, 0.6) is 0 Å². The van der Waals surface area contributed by atoms with Crippen LogP contribution in [0.15, 0.2) is 22.9 Å². The second kappa shape index (κ2) is 6.58. The summed E-state index contributed by atoms with van der Waals surface area (Å²) >= 11 is 8.35. The number of thiophene rings is 1. The first-order chi connectivity index (χ1) is 11.7. The molecule has 3 heterocycles. The molecule has 1 saturated carbocycles. The lowest BCUT2D eigenvalue weighted by atomic mass is 10.3. The third-order valence-corrected chi connectivity index (χ3v) is 5.78. The summed E-state index contributed by atoms with van der Waals surface area (Å²) in [5.74, 6) is 1.31. The summed E-state index contributed by atoms with van der Waals surface area (Å²) in [4.78, 5) is 17.7. The van der Waals surface area contributed by atoms with Crippen LogP contribution >= 0.6 is 34.9 Å². The van der Waals surface area contributed by atoms with Crippen LogP contribution in [0.3, 0.4) is 0 Å². The van der Waals surface area contributed by atoms with Crippen LogP contribution in [0.4, 0.5) is 5.13 Å². The Bertz CT molecular complexity index is 904. The molecule has 9 heteroatoms. The lowest BCUT2D eigenvalue weighted by Crippen LogP contribution is -2.15. The predicted octanol–water partition coefficient (Wildman–Crippen LogP) is 4.03. The third-order valence-electron chi connectivity index (χ3n) is 3.83. The number of anilines is 1. The first-order valence-electron chi connectivity index (χ1n) is 7.65. The molecule has 1 aliphatic carbocycles. The van der Waals surface area contributed by atoms with Crippen LogP contribution in [0.2, 0.25) is 0 Å². The molecule has 0 saturated heterocycles. The minimum atomic E-state index is -0.0630. The Hall–Kier alpha value is -1.84. The standard InChI is InChI=1S/C15H15N5OS3/c21-12(17-14-16-10(8-24-14)9-3-4-9)5-6-20-13(18-19-15(20)22)11-2-1-7-23-11/h1-2,7-9H,3-6H2,(H,19,22)(H,16,17,21). The molecule has 24 heavy (non-hydrogen) atoms. The Labute approximate surface area is 151 Å². The number of hydrogen-bond donors (Lipinski definition) is 2. The van der Waals surface area contributed by atoms with E-state index >= 15 is 0 Å². The van der Waals surface area contributed by atoms with E-state index in [0.717, 1.165) is 16.4 Å². The Morgan fingerprint density at radius 3 is 3.08 bits per heavy atom. The highest BCUT2D eigenvalue weighted by atomic mass is 32.1. The number of aromatic amines is 1. The Morgan fingerprint density at radius 2 is 2.33 bits per heavy atom. The van der Waals surface area contributed by atoms with Gasteiger partial charge in [-0.1, -0.05) is 6.07 Å². The van der Waals surface area contributed by atoms with E-state index in [1.54, 1.807) is 11.3 Å². The first-order valence-corrected chi connectivity index (χ1v) is 9.82. The van der Waals surface area contributed by atoms with Gasteiger partial charge in [0.15, 0.2) is 15.7 Å². The maximum absolute atomic E-state index is 12.2. The SMILES string of the molecule is O=C(CCn1c(-c2cccs2)n[nH]c1=S)Nc1nc(C2CC2)cs1. The lowest BCUT2D eigenvalue weighted by molar-refractivity contribution is -0.116. The van der Waals surface area contributed by atoms with E-state index in [4.69, 9.17) is 12.2 Å². The second-order valence-corrected chi connectivity index (χ2v) is 7.82. The normalized spacial score (nSPS) is 14.0. The zero-order valence-corrected chi connectivity index (χ0v) is 15.1. The minimum absolute atomic E-state index is 0.0630. The smallest absolute Gasteiger partial charge is 0.227 e. The van der Waals surface area contributed by atoms with Crippen molar-refractivity contribution in [3.63, 3.8) is 0 Å². The Morgan fingerprint density at radius 1 is 1.46 bits per heavy atom. The summed E-state index contributed by atoms with van der Waals surface area (Å²) < 4.78 is 2.38. The van der Waals surface area contributed by atoms with E-state index in [-0.39, 0.29) is 5.91 Å². The van der Waals surface area contributed by atoms with E-state index in [1.807, 2.05) is 27.5 Å². The third kappa shape index (κ3) is 3.33. The molecule has 0 radical (unpaired) electrons. The second-order valence-electron chi connectivity index (χ2n) is 5.63. The first kappa shape index (κ1) is 15.7. The summed E-state index contributed by atoms with van der Waals surface area (Å²) in [6, 6.07) is 3.95. The van der Waals surface area contributed by atoms with E-state index in [1.165, 1.54) is 24.2 Å². The molecule has 2 N–H and O–H groups in total. The van der Waals surface area contributed by atoms with Gasteiger partial charge in [0.25, 0.3) is 0 Å². The fourth-order valence-corrected chi connectivity index (χ4v) is 4.18. The van der Waals surface area contributed by atoms with Crippen molar-refractivity contribution >= 4 is 45.9 Å². The zero-order chi connectivity index (χ0) is 16.5. The van der Waals surface area contributed by atoms with Crippen molar-refractivity contribution < 1.29 is 4.79 Å². The number of aromatic nitrogens is 4. The van der Waals surface area contributed by atoms with Gasteiger partial charge in [0, 0.05) is 24.3 Å². The summed E-state index contributed by atoms with van der Waals surface area (Å²) in [5.41, 5.74) is 1.10. The molecule has 1 amide bonds. The van der Waals surface area contributed by atoms with Gasteiger partial charge in [-0.25, -0.2) is 4.98 Å². The van der Waals surface area contributed by atoms with E-state index in [2.05, 4.69) is 20.5 Å². The lowest BCUT2D eigenvalue weighted by Gasteiger charge is -2.05. The number of thiazole rings is 1. The molecule has 3 aromatic rings. The molecule has 0 unspecified atom stereocenters. The molecule has 3 aromatic heterocycles. The quantitative estimate of drug-likeness (QED) is 0.636. The molecular weight excluding hydrogens is 362 g/mol. The molecule has 1 fully saturated rings. The van der Waals surface area contributed by atoms with Crippen molar-refractivity contribution in [2.75, 3.05) is 5.32 Å². The van der Waals surface area contributed by atoms with Crippen molar-refractivity contribution in [1.82, 2.24) is 19.7 Å². The van der Waals surface area contributed by atoms with Gasteiger partial charge < -0.3 is 5.32 Å². The summed E-state index contributed by atoms with van der Waals surface area (Å²) in [5, 5.41) is 14.6. The maximum atomic E-state index is 12.2. The maximum Gasteiger partial charge on any atom is 0.227 e. The number of carbonyl (C=O) groups excluding carboxylic acids is 1. The monoisotopic (exact) mass is 377 g/mol. The largest absolute Gasteiger partial charge is 0.302 e. The van der Waals surface area contributed by atoms with Crippen LogP contribution in [0.25, 0.3) is 10.7 Å². The highest BCUT2D eigenvalue weighted by molar-refractivity contribution is 7.71. The molecule has 1 aliphatic rings. The van der Waals surface area contributed by atoms with Crippen LogP contribution in [0.1, 0.15) is 30.9 Å². The van der Waals surface area contributed by atoms with Crippen molar-refractivity contribution in [2.24, 2.45) is 0 Å². The molecule has 0 aromatic carbocycles. The highest BCUT2D eigenvalue weighted by Crippen LogP contribution is 2.40. The average molecular weight is 378 g/mol. The fourth-order valence-electron chi connectivity index (χ4n) is 2.42. The van der Waals surface area contributed by atoms with Crippen LogP contribution in [-0.4, -0.2) is 25.7 Å². The van der Waals surface area contributed by atoms with E-state index < -0.39 is 0 Å². The van der Waals surface area contributed by atoms with Gasteiger partial charge in [-0.3, -0.25) is 14.5 Å². The van der Waals surface area contributed by atoms with Crippen molar-refractivity contribution in [2.45, 2.75) is 31.7 Å². The summed E-state index contributed by atoms with van der Waals surface area (Å²) in [7, 11) is 0. The van der Waals surface area contributed by atoms with Crippen LogP contribution in [-0.2, 0) is 11.3 Å². The van der Waals surface area contributed by atoms with Gasteiger partial charge in [-0.2, -0.15) is 5.10 Å². The number of nitrogens with zero attached hydrogens (tertiary/aromatic N) is 3. The minimum Gasteiger partial charge on any atom is -0.302 e. The van der Waals surface area contributed by atoms with E-state index in [9.17, 15) is 4.79 Å². The molecule has 0 bridgehead atoms. The molecule has 0 aliphatic heterocycles. The van der Waals surface area contributed by atoms with Gasteiger partial charge in [-0.15, -0.1) is 22.7 Å². The molecule has 6 nitrogen and oxygen atoms in total. The summed E-state index contributed by atoms with van der Waals surface area (Å²) in [6.45, 7) is 0.481. The summed E-state index contributed by atoms with van der Waals surface area (Å²) in [6.07, 6.45) is 2.74. The Kier molecular flexibility index (Phi) is 4.30. The number of hydrogen-bond acceptors (Lipinski definition) is 6. The van der Waals surface area contributed by atoms with Crippen LogP contribution in [0, 0.1) is 4.77 Å². The number of H-pyrrole nitrogens is 1. The van der Waals surface area contributed by atoms with Crippen LogP contribution < -0.4 is 5.32 Å². The zero-order valence-electron chi connectivity index (χ0n) is 12.7. The van der Waals surface area contributed by atoms with Crippen molar-refractivity contribution in [3.8, 4) is 10.7 Å². The average Bonchev–Trinajstić information content (AvgIpc) is 2.98. The molecule has 4 rings (SSSR count). The van der Waals surface area contributed by atoms with Gasteiger partial charge in [-0.05, 0) is 36.5 Å². The number of rotatable bonds is 6. The number of nitrogens with one attached hydrogen (secondary N) is 2. The predicted molar refractivity (Wildman–Crippen MR) is 98.1 cm³/mol. The molecular formula is C15H15N5OS3. The number of carbonyl (C=O) groups is 1. The molecule has 0 spiro atoms. The number of amides is 1. The molecule has 0 atom stereocenters. The van der Waals surface area contributed by atoms with Gasteiger partial charge in [0.2, 0.25) is 5.91 Å². The van der Waals surface area contributed by atoms with Gasteiger partial charge in [0.1, 0.15) is 0 Å². The van der Waals surface area contributed by atoms with Gasteiger partial charge >= 0.3 is 0 Å². The van der Waals surface area contributed by atoms with Crippen molar-refractivity contribution in [1.29, 1.82) is 0 Å². The van der Waals surface area contributed by atoms with Crippen molar-refractivity contribution in [3.05, 3.63) is 33.4 Å². The Balaban J connectivity index is 1.40. The molecule has 124 valence electrons.